The molecule has 4 rings (SSSR count). The predicted octanol–water partition coefficient (Wildman–Crippen LogP) is -0.183. The van der Waals surface area contributed by atoms with E-state index < -0.39 is 29.7 Å². The Hall–Kier alpha value is -2.90. The first kappa shape index (κ1) is 12.8. The third-order valence-corrected chi connectivity index (χ3v) is 3.94. The molecular formula is C14H10N2O6. The number of nitrogens with one attached hydrogen (secondary N) is 1. The lowest BCUT2D eigenvalue weighted by Crippen LogP contribution is -2.54. The van der Waals surface area contributed by atoms with Crippen LogP contribution in [0.3, 0.4) is 0 Å². The molecule has 8 nitrogen and oxygen atoms in total. The normalized spacial score (nSPS) is 22.9. The quantitative estimate of drug-likeness (QED) is 0.722. The molecule has 0 radical (unpaired) electrons. The average Bonchev–Trinajstić information content (AvgIpc) is 3.04. The van der Waals surface area contributed by atoms with Crippen molar-refractivity contribution in [3.63, 3.8) is 0 Å². The Balaban J connectivity index is 1.76. The van der Waals surface area contributed by atoms with Crippen molar-refractivity contribution in [1.82, 2.24) is 10.2 Å². The Kier molecular flexibility index (Phi) is 2.50. The number of imide groups is 2. The summed E-state index contributed by atoms with van der Waals surface area (Å²) >= 11 is 0. The summed E-state index contributed by atoms with van der Waals surface area (Å²) in [4.78, 5) is 49.1. The Labute approximate surface area is 124 Å². The van der Waals surface area contributed by atoms with Crippen LogP contribution in [-0.4, -0.2) is 41.4 Å². The van der Waals surface area contributed by atoms with E-state index in [1.807, 2.05) is 0 Å². The zero-order chi connectivity index (χ0) is 15.4. The third kappa shape index (κ3) is 1.57. The maximum Gasteiger partial charge on any atom is 0.266 e. The highest BCUT2D eigenvalue weighted by Gasteiger charge is 2.47. The molecule has 4 amide bonds. The van der Waals surface area contributed by atoms with Gasteiger partial charge in [0.1, 0.15) is 6.04 Å². The fourth-order valence-corrected chi connectivity index (χ4v) is 2.92. The highest BCUT2D eigenvalue weighted by molar-refractivity contribution is 6.24. The second-order valence-electron chi connectivity index (χ2n) is 5.17. The van der Waals surface area contributed by atoms with E-state index in [2.05, 4.69) is 5.32 Å². The van der Waals surface area contributed by atoms with Gasteiger partial charge < -0.3 is 9.47 Å². The zero-order valence-electron chi connectivity index (χ0n) is 11.3. The molecule has 8 heteroatoms. The van der Waals surface area contributed by atoms with E-state index in [4.69, 9.17) is 9.47 Å². The average molecular weight is 302 g/mol. The number of ether oxygens (including phenoxy) is 2. The summed E-state index contributed by atoms with van der Waals surface area (Å²) < 4.78 is 10.5. The van der Waals surface area contributed by atoms with Crippen molar-refractivity contribution in [3.05, 3.63) is 23.3 Å². The number of hydrogen-bond acceptors (Lipinski definition) is 6. The summed E-state index contributed by atoms with van der Waals surface area (Å²) in [7, 11) is 0. The van der Waals surface area contributed by atoms with E-state index in [0.29, 0.717) is 5.75 Å². The van der Waals surface area contributed by atoms with Crippen molar-refractivity contribution >= 4 is 23.6 Å². The van der Waals surface area contributed by atoms with Crippen LogP contribution in [0.2, 0.25) is 0 Å². The maximum absolute atomic E-state index is 12.6. The van der Waals surface area contributed by atoms with Crippen LogP contribution in [0, 0.1) is 0 Å². The highest BCUT2D eigenvalue weighted by atomic mass is 16.7. The number of hydrogen-bond donors (Lipinski definition) is 1. The maximum atomic E-state index is 12.6. The van der Waals surface area contributed by atoms with Crippen molar-refractivity contribution in [1.29, 1.82) is 0 Å². The Bertz CT molecular complexity index is 756. The second-order valence-corrected chi connectivity index (χ2v) is 5.17. The van der Waals surface area contributed by atoms with Crippen LogP contribution in [0.4, 0.5) is 0 Å². The smallest absolute Gasteiger partial charge is 0.266 e. The topological polar surface area (TPSA) is 102 Å². The van der Waals surface area contributed by atoms with Gasteiger partial charge in [-0.15, -0.1) is 0 Å². The van der Waals surface area contributed by atoms with E-state index in [1.54, 1.807) is 6.07 Å². The first-order valence-electron chi connectivity index (χ1n) is 6.72. The molecule has 1 unspecified atom stereocenters. The summed E-state index contributed by atoms with van der Waals surface area (Å²) in [5, 5.41) is 2.15. The number of carbonyl (C=O) groups excluding carboxylic acids is 4. The lowest BCUT2D eigenvalue weighted by Gasteiger charge is -2.27. The minimum Gasteiger partial charge on any atom is -0.454 e. The van der Waals surface area contributed by atoms with Crippen LogP contribution in [0.1, 0.15) is 33.6 Å². The van der Waals surface area contributed by atoms with Gasteiger partial charge in [-0.2, -0.15) is 0 Å². The molecule has 3 heterocycles. The van der Waals surface area contributed by atoms with Crippen molar-refractivity contribution < 1.29 is 28.7 Å². The molecule has 0 bridgehead atoms. The van der Waals surface area contributed by atoms with Crippen LogP contribution in [0.15, 0.2) is 12.1 Å². The molecule has 1 atom stereocenters. The van der Waals surface area contributed by atoms with Gasteiger partial charge in [-0.3, -0.25) is 29.4 Å². The Morgan fingerprint density at radius 1 is 1.09 bits per heavy atom. The van der Waals surface area contributed by atoms with E-state index in [0.717, 1.165) is 4.90 Å². The number of rotatable bonds is 1. The molecule has 1 fully saturated rings. The fourth-order valence-electron chi connectivity index (χ4n) is 2.92. The summed E-state index contributed by atoms with van der Waals surface area (Å²) in [5.41, 5.74) is 0.295. The molecule has 0 aliphatic carbocycles. The molecular weight excluding hydrogens is 292 g/mol. The lowest BCUT2D eigenvalue weighted by atomic mass is 10.0. The lowest BCUT2D eigenvalue weighted by molar-refractivity contribution is -0.136. The van der Waals surface area contributed by atoms with Crippen LogP contribution in [0.5, 0.6) is 11.5 Å². The van der Waals surface area contributed by atoms with Gasteiger partial charge in [-0.25, -0.2) is 0 Å². The zero-order valence-corrected chi connectivity index (χ0v) is 11.3. The molecule has 112 valence electrons. The van der Waals surface area contributed by atoms with Crippen molar-refractivity contribution in [3.8, 4) is 11.5 Å². The predicted molar refractivity (Wildman–Crippen MR) is 69.2 cm³/mol. The molecule has 1 aromatic carbocycles. The molecule has 3 aliphatic heterocycles. The van der Waals surface area contributed by atoms with Gasteiger partial charge >= 0.3 is 0 Å². The molecule has 0 saturated carbocycles. The minimum absolute atomic E-state index is 0.0221. The monoisotopic (exact) mass is 302 g/mol. The van der Waals surface area contributed by atoms with Gasteiger partial charge in [0.05, 0.1) is 11.1 Å². The SMILES string of the molecule is O=C1CCC(N2C(=O)c3ccc4c(c3C2=O)OCO4)C(=O)N1. The van der Waals surface area contributed by atoms with Crippen LogP contribution < -0.4 is 14.8 Å². The molecule has 1 aromatic rings. The van der Waals surface area contributed by atoms with Gasteiger partial charge in [0, 0.05) is 6.42 Å². The largest absolute Gasteiger partial charge is 0.454 e. The van der Waals surface area contributed by atoms with E-state index in [1.165, 1.54) is 6.07 Å². The van der Waals surface area contributed by atoms with Crippen LogP contribution in [-0.2, 0) is 9.59 Å². The molecule has 22 heavy (non-hydrogen) atoms. The van der Waals surface area contributed by atoms with Crippen LogP contribution in [0.25, 0.3) is 0 Å². The third-order valence-electron chi connectivity index (χ3n) is 3.94. The summed E-state index contributed by atoms with van der Waals surface area (Å²) in [6.45, 7) is -0.0221. The highest BCUT2D eigenvalue weighted by Crippen LogP contribution is 2.42. The molecule has 1 saturated heterocycles. The summed E-state index contributed by atoms with van der Waals surface area (Å²) in [5.74, 6) is -1.59. The van der Waals surface area contributed by atoms with Crippen molar-refractivity contribution in [2.45, 2.75) is 18.9 Å². The number of benzene rings is 1. The van der Waals surface area contributed by atoms with Gasteiger partial charge in [-0.05, 0) is 18.6 Å². The van der Waals surface area contributed by atoms with Gasteiger partial charge in [0.2, 0.25) is 18.6 Å². The molecule has 1 N–H and O–H groups in total. The number of carbonyl (C=O) groups is 4. The number of fused-ring (bicyclic) bond motifs is 3. The number of nitrogens with zero attached hydrogens (tertiary/aromatic N) is 1. The van der Waals surface area contributed by atoms with E-state index >= 15 is 0 Å². The number of amides is 4. The van der Waals surface area contributed by atoms with Crippen molar-refractivity contribution in [2.24, 2.45) is 0 Å². The first-order chi connectivity index (χ1) is 10.6. The molecule has 3 aliphatic rings. The number of piperidine rings is 1. The van der Waals surface area contributed by atoms with Gasteiger partial charge in [0.15, 0.2) is 11.5 Å². The van der Waals surface area contributed by atoms with Gasteiger partial charge in [0.25, 0.3) is 11.8 Å². The molecule has 0 spiro atoms. The fraction of sp³-hybridized carbons (Fsp3) is 0.286. The first-order valence-corrected chi connectivity index (χ1v) is 6.72. The Morgan fingerprint density at radius 2 is 1.91 bits per heavy atom. The molecule has 0 aromatic heterocycles. The Morgan fingerprint density at radius 3 is 2.68 bits per heavy atom. The van der Waals surface area contributed by atoms with E-state index in [-0.39, 0.29) is 36.5 Å². The van der Waals surface area contributed by atoms with Crippen molar-refractivity contribution in [2.75, 3.05) is 6.79 Å². The van der Waals surface area contributed by atoms with Crippen LogP contribution >= 0.6 is 0 Å². The summed E-state index contributed by atoms with van der Waals surface area (Å²) in [6, 6.07) is 2.05. The summed E-state index contributed by atoms with van der Waals surface area (Å²) in [6.07, 6.45) is 0.206. The standard InChI is InChI=1S/C14H10N2O6/c17-9-4-2-7(12(18)15-9)16-13(19)6-1-3-8-11(22-5-21-8)10(6)14(16)20/h1,3,7H,2,4-5H2,(H,15,17,18). The minimum atomic E-state index is -0.983. The van der Waals surface area contributed by atoms with E-state index in [9.17, 15) is 19.2 Å². The second kappa shape index (κ2) is 4.30. The van der Waals surface area contributed by atoms with Gasteiger partial charge in [-0.1, -0.05) is 0 Å².